The van der Waals surface area contributed by atoms with Gasteiger partial charge in [0, 0.05) is 17.8 Å². The van der Waals surface area contributed by atoms with E-state index >= 15 is 0 Å². The summed E-state index contributed by atoms with van der Waals surface area (Å²) in [6.45, 7) is 3.46. The molecule has 0 saturated carbocycles. The van der Waals surface area contributed by atoms with Crippen molar-refractivity contribution in [2.45, 2.75) is 20.3 Å². The number of carbonyl (C=O) groups is 1. The number of nitrogens with zero attached hydrogens (tertiary/aromatic N) is 2. The van der Waals surface area contributed by atoms with Gasteiger partial charge in [0.1, 0.15) is 17.9 Å². The number of rotatable bonds is 7. The lowest BCUT2D eigenvalue weighted by molar-refractivity contribution is 0.0944. The summed E-state index contributed by atoms with van der Waals surface area (Å²) in [6, 6.07) is 6.22. The number of hydrazine groups is 1. The number of H-pyrrole nitrogens is 1. The monoisotopic (exact) mass is 376 g/mol. The highest BCUT2D eigenvalue weighted by molar-refractivity contribution is 5.97. The smallest absolute Gasteiger partial charge is 0.279 e. The highest BCUT2D eigenvalue weighted by atomic mass is 19.2. The first-order chi connectivity index (χ1) is 12.9. The maximum atomic E-state index is 13.5. The fourth-order valence-corrected chi connectivity index (χ4v) is 2.30. The van der Waals surface area contributed by atoms with E-state index in [-0.39, 0.29) is 23.5 Å². The molecule has 27 heavy (non-hydrogen) atoms. The van der Waals surface area contributed by atoms with E-state index in [9.17, 15) is 18.4 Å². The minimum absolute atomic E-state index is 0.0448. The summed E-state index contributed by atoms with van der Waals surface area (Å²) in [4.78, 5) is 27.4. The summed E-state index contributed by atoms with van der Waals surface area (Å²) in [5, 5.41) is 9.97. The summed E-state index contributed by atoms with van der Waals surface area (Å²) in [6.07, 6.45) is 0.669. The second-order valence-electron chi connectivity index (χ2n) is 5.65. The number of aromatic nitrogens is 1. The molecule has 9 heteroatoms. The first-order valence-corrected chi connectivity index (χ1v) is 8.14. The predicted octanol–water partition coefficient (Wildman–Crippen LogP) is 2.43. The summed E-state index contributed by atoms with van der Waals surface area (Å²) in [7, 11) is 0. The van der Waals surface area contributed by atoms with Crippen molar-refractivity contribution < 1.29 is 18.3 Å². The molecule has 1 aromatic carbocycles. The van der Waals surface area contributed by atoms with Crippen LogP contribution in [0, 0.1) is 29.9 Å². The topological polar surface area (TPSA) is 98.2 Å². The molecule has 0 aliphatic rings. The van der Waals surface area contributed by atoms with Crippen LogP contribution in [0.2, 0.25) is 0 Å². The number of carbonyl (C=O) groups excluding carboxylic acids is 1. The molecule has 1 amide bonds. The van der Waals surface area contributed by atoms with Gasteiger partial charge in [0.05, 0.1) is 18.4 Å². The van der Waals surface area contributed by atoms with Gasteiger partial charge in [0.2, 0.25) is 0 Å². The molecular formula is C18H18F2N4O3. The molecule has 0 spiro atoms. The van der Waals surface area contributed by atoms with Crippen molar-refractivity contribution >= 4 is 11.6 Å². The number of aromatic amines is 1. The number of ether oxygens (including phenoxy) is 1. The standard InChI is InChI=1S/C18H18F2N4O3/c1-3-8-27-15-9-11(2)22-17(25)16(15)18(26)23-24(7-6-21)12-4-5-13(19)14(20)10-12/h4-5,9-10H,3,7-8H2,1-2H3,(H,22,25)(H,23,26). The fourth-order valence-electron chi connectivity index (χ4n) is 2.30. The molecule has 2 rings (SSSR count). The highest BCUT2D eigenvalue weighted by Crippen LogP contribution is 2.19. The van der Waals surface area contributed by atoms with E-state index in [2.05, 4.69) is 10.4 Å². The number of nitriles is 1. The Morgan fingerprint density at radius 1 is 1.33 bits per heavy atom. The molecule has 0 bridgehead atoms. The van der Waals surface area contributed by atoms with Crippen LogP contribution < -0.4 is 20.7 Å². The van der Waals surface area contributed by atoms with Crippen molar-refractivity contribution in [1.82, 2.24) is 10.4 Å². The maximum absolute atomic E-state index is 13.5. The first kappa shape index (κ1) is 19.9. The van der Waals surface area contributed by atoms with Gasteiger partial charge in [-0.05, 0) is 25.5 Å². The van der Waals surface area contributed by atoms with E-state index in [0.717, 1.165) is 17.1 Å². The van der Waals surface area contributed by atoms with Gasteiger partial charge in [0.25, 0.3) is 11.5 Å². The molecule has 142 valence electrons. The number of benzene rings is 1. The average Bonchev–Trinajstić information content (AvgIpc) is 2.61. The van der Waals surface area contributed by atoms with Crippen molar-refractivity contribution in [3.63, 3.8) is 0 Å². The van der Waals surface area contributed by atoms with E-state index in [1.807, 2.05) is 13.0 Å². The summed E-state index contributed by atoms with van der Waals surface area (Å²) in [5.41, 5.74) is 1.97. The molecule has 0 radical (unpaired) electrons. The van der Waals surface area contributed by atoms with Crippen LogP contribution in [0.5, 0.6) is 5.75 Å². The van der Waals surface area contributed by atoms with Gasteiger partial charge in [0.15, 0.2) is 11.6 Å². The minimum Gasteiger partial charge on any atom is -0.492 e. The molecular weight excluding hydrogens is 358 g/mol. The van der Waals surface area contributed by atoms with E-state index < -0.39 is 23.1 Å². The Morgan fingerprint density at radius 3 is 2.70 bits per heavy atom. The zero-order valence-electron chi connectivity index (χ0n) is 14.8. The second-order valence-corrected chi connectivity index (χ2v) is 5.65. The average molecular weight is 376 g/mol. The number of nitrogens with one attached hydrogen (secondary N) is 2. The fraction of sp³-hybridized carbons (Fsp3) is 0.278. The van der Waals surface area contributed by atoms with Crippen LogP contribution in [-0.4, -0.2) is 24.0 Å². The predicted molar refractivity (Wildman–Crippen MR) is 94.4 cm³/mol. The Labute approximate surface area is 154 Å². The largest absolute Gasteiger partial charge is 0.492 e. The maximum Gasteiger partial charge on any atom is 0.279 e. The number of aryl methyl sites for hydroxylation is 1. The van der Waals surface area contributed by atoms with Crippen LogP contribution in [0.15, 0.2) is 29.1 Å². The second kappa shape index (κ2) is 8.80. The number of hydrogen-bond donors (Lipinski definition) is 2. The molecule has 1 aromatic heterocycles. The van der Waals surface area contributed by atoms with E-state index in [1.165, 1.54) is 12.1 Å². The SMILES string of the molecule is CCCOc1cc(C)[nH]c(=O)c1C(=O)NN(CC#N)c1ccc(F)c(F)c1. The molecule has 0 unspecified atom stereocenters. The molecule has 0 aliphatic heterocycles. The van der Waals surface area contributed by atoms with Crippen molar-refractivity contribution in [3.05, 3.63) is 57.5 Å². The quantitative estimate of drug-likeness (QED) is 0.571. The summed E-state index contributed by atoms with van der Waals surface area (Å²) in [5.74, 6) is -2.95. The normalized spacial score (nSPS) is 10.2. The van der Waals surface area contributed by atoms with Crippen molar-refractivity contribution in [2.24, 2.45) is 0 Å². The molecule has 1 heterocycles. The molecule has 0 atom stereocenters. The van der Waals surface area contributed by atoms with Gasteiger partial charge in [-0.1, -0.05) is 6.92 Å². The molecule has 0 fully saturated rings. The lowest BCUT2D eigenvalue weighted by Crippen LogP contribution is -2.44. The Bertz CT molecular complexity index is 937. The van der Waals surface area contributed by atoms with Crippen LogP contribution in [0.4, 0.5) is 14.5 Å². The molecule has 2 N–H and O–H groups in total. The number of anilines is 1. The number of hydrogen-bond acceptors (Lipinski definition) is 5. The third-order valence-corrected chi connectivity index (χ3v) is 3.50. The van der Waals surface area contributed by atoms with Crippen LogP contribution in [0.3, 0.4) is 0 Å². The van der Waals surface area contributed by atoms with Gasteiger partial charge >= 0.3 is 0 Å². The van der Waals surface area contributed by atoms with Crippen molar-refractivity contribution in [2.75, 3.05) is 18.2 Å². The van der Waals surface area contributed by atoms with E-state index in [4.69, 9.17) is 10.00 Å². The first-order valence-electron chi connectivity index (χ1n) is 8.14. The van der Waals surface area contributed by atoms with Gasteiger partial charge < -0.3 is 9.72 Å². The number of pyridine rings is 1. The highest BCUT2D eigenvalue weighted by Gasteiger charge is 2.21. The van der Waals surface area contributed by atoms with Gasteiger partial charge in [-0.2, -0.15) is 5.26 Å². The van der Waals surface area contributed by atoms with E-state index in [0.29, 0.717) is 18.7 Å². The lowest BCUT2D eigenvalue weighted by Gasteiger charge is -2.23. The Kier molecular flexibility index (Phi) is 6.49. The Hall–Kier alpha value is -3.41. The molecule has 0 saturated heterocycles. The lowest BCUT2D eigenvalue weighted by atomic mass is 10.2. The zero-order valence-corrected chi connectivity index (χ0v) is 14.8. The number of amides is 1. The van der Waals surface area contributed by atoms with Gasteiger partial charge in [-0.25, -0.2) is 8.78 Å². The molecule has 2 aromatic rings. The molecule has 7 nitrogen and oxygen atoms in total. The van der Waals surface area contributed by atoms with Crippen LogP contribution in [0.1, 0.15) is 29.4 Å². The van der Waals surface area contributed by atoms with Crippen molar-refractivity contribution in [3.8, 4) is 11.8 Å². The molecule has 0 aliphatic carbocycles. The van der Waals surface area contributed by atoms with E-state index in [1.54, 1.807) is 6.92 Å². The Balaban J connectivity index is 2.36. The van der Waals surface area contributed by atoms with Gasteiger partial charge in [-0.3, -0.25) is 20.0 Å². The van der Waals surface area contributed by atoms with Gasteiger partial charge in [-0.15, -0.1) is 0 Å². The zero-order chi connectivity index (χ0) is 20.0. The summed E-state index contributed by atoms with van der Waals surface area (Å²) >= 11 is 0. The minimum atomic E-state index is -1.13. The van der Waals surface area contributed by atoms with Crippen molar-refractivity contribution in [1.29, 1.82) is 5.26 Å². The van der Waals surface area contributed by atoms with Crippen LogP contribution in [0.25, 0.3) is 0 Å². The number of halogens is 2. The van der Waals surface area contributed by atoms with Crippen LogP contribution in [-0.2, 0) is 0 Å². The van der Waals surface area contributed by atoms with Crippen LogP contribution >= 0.6 is 0 Å². The third-order valence-electron chi connectivity index (χ3n) is 3.50. The summed E-state index contributed by atoms with van der Waals surface area (Å²) < 4.78 is 32.1. The third kappa shape index (κ3) is 4.82. The Morgan fingerprint density at radius 2 is 2.07 bits per heavy atom.